The van der Waals surface area contributed by atoms with E-state index in [1.54, 1.807) is 45.0 Å². The first-order valence-electron chi connectivity index (χ1n) is 10.4. The summed E-state index contributed by atoms with van der Waals surface area (Å²) in [5, 5.41) is 0. The Bertz CT molecular complexity index is 1050. The van der Waals surface area contributed by atoms with E-state index in [1.807, 2.05) is 32.9 Å². The molecule has 174 valence electrons. The Kier molecular flexibility index (Phi) is 7.88. The second-order valence-corrected chi connectivity index (χ2v) is 11.5. The van der Waals surface area contributed by atoms with Crippen molar-refractivity contribution in [2.75, 3.05) is 6.54 Å². The van der Waals surface area contributed by atoms with E-state index in [0.29, 0.717) is 6.42 Å². The van der Waals surface area contributed by atoms with Crippen LogP contribution in [0.5, 0.6) is 0 Å². The average Bonchev–Trinajstić information content (AvgIpc) is 2.66. The maximum Gasteiger partial charge on any atom is 0.424 e. The Morgan fingerprint density at radius 3 is 2.09 bits per heavy atom. The summed E-state index contributed by atoms with van der Waals surface area (Å²) in [7, 11) is -4.11. The minimum absolute atomic E-state index is 0.0339. The molecule has 5 nitrogen and oxygen atoms in total. The van der Waals surface area contributed by atoms with Crippen molar-refractivity contribution >= 4 is 22.2 Å². The molecule has 32 heavy (non-hydrogen) atoms. The Balaban J connectivity index is 2.29. The minimum Gasteiger partial charge on any atom is -0.443 e. The molecule has 0 aliphatic carbocycles. The molecule has 2 aromatic rings. The Morgan fingerprint density at radius 1 is 1.00 bits per heavy atom. The first-order chi connectivity index (χ1) is 14.7. The Hall–Kier alpha value is -2.67. The normalized spacial score (nSPS) is 12.7. The van der Waals surface area contributed by atoms with Gasteiger partial charge in [-0.05, 0) is 69.4 Å². The van der Waals surface area contributed by atoms with E-state index in [4.69, 9.17) is 4.74 Å². The van der Waals surface area contributed by atoms with Gasteiger partial charge in [-0.15, -0.1) is 0 Å². The summed E-state index contributed by atoms with van der Waals surface area (Å²) in [6.45, 7) is 10.6. The lowest BCUT2D eigenvalue weighted by atomic mass is 9.89. The van der Waals surface area contributed by atoms with E-state index >= 15 is 0 Å². The van der Waals surface area contributed by atoms with Gasteiger partial charge >= 0.3 is 6.09 Å². The molecule has 0 aliphatic rings. The van der Waals surface area contributed by atoms with Crippen LogP contribution in [0.15, 0.2) is 59.5 Å². The maximum absolute atomic E-state index is 13.3. The topological polar surface area (TPSA) is 63.7 Å². The number of sulfonamides is 1. The summed E-state index contributed by atoms with van der Waals surface area (Å²) in [5.41, 5.74) is 0.327. The summed E-state index contributed by atoms with van der Waals surface area (Å²) in [5.74, 6) is -0.309. The number of aryl methyl sites for hydroxylation is 1. The van der Waals surface area contributed by atoms with Crippen molar-refractivity contribution in [2.45, 2.75) is 58.5 Å². The fourth-order valence-electron chi connectivity index (χ4n) is 2.94. The molecule has 1 amide bonds. The van der Waals surface area contributed by atoms with Crippen molar-refractivity contribution in [1.82, 2.24) is 4.31 Å². The Labute approximate surface area is 191 Å². The second kappa shape index (κ2) is 9.86. The van der Waals surface area contributed by atoms with Crippen molar-refractivity contribution in [3.8, 4) is 0 Å². The molecular weight excluding hydrogens is 429 g/mol. The van der Waals surface area contributed by atoms with Crippen LogP contribution in [0.3, 0.4) is 0 Å². The van der Waals surface area contributed by atoms with E-state index in [1.165, 1.54) is 24.3 Å². The van der Waals surface area contributed by atoms with E-state index in [9.17, 15) is 17.6 Å². The molecule has 0 atom stereocenters. The third-order valence-electron chi connectivity index (χ3n) is 4.63. The molecule has 0 unspecified atom stereocenters. The largest absolute Gasteiger partial charge is 0.443 e. The maximum atomic E-state index is 13.3. The smallest absolute Gasteiger partial charge is 0.424 e. The highest BCUT2D eigenvalue weighted by Crippen LogP contribution is 2.28. The van der Waals surface area contributed by atoms with Crippen molar-refractivity contribution in [3.63, 3.8) is 0 Å². The zero-order chi connectivity index (χ0) is 24.2. The van der Waals surface area contributed by atoms with Crippen molar-refractivity contribution in [1.29, 1.82) is 0 Å². The number of rotatable bonds is 7. The average molecular weight is 462 g/mol. The number of hydrogen-bond donors (Lipinski definition) is 0. The van der Waals surface area contributed by atoms with Crippen LogP contribution in [-0.4, -0.2) is 31.0 Å². The molecule has 0 saturated carbocycles. The number of halogens is 1. The summed E-state index contributed by atoms with van der Waals surface area (Å²) in [6.07, 6.45) is 3.31. The number of nitrogens with zero attached hydrogens (tertiary/aromatic N) is 1. The highest BCUT2D eigenvalue weighted by atomic mass is 32.2. The van der Waals surface area contributed by atoms with Crippen LogP contribution in [-0.2, 0) is 14.8 Å². The van der Waals surface area contributed by atoms with Gasteiger partial charge in [-0.25, -0.2) is 17.6 Å². The number of carbonyl (C=O) groups excluding carboxylic acids is 1. The minimum atomic E-state index is -4.11. The zero-order valence-electron chi connectivity index (χ0n) is 19.6. The van der Waals surface area contributed by atoms with Gasteiger partial charge in [0.2, 0.25) is 0 Å². The monoisotopic (exact) mass is 461 g/mol. The van der Waals surface area contributed by atoms with Gasteiger partial charge in [-0.2, -0.15) is 4.31 Å². The fourth-order valence-corrected chi connectivity index (χ4v) is 4.43. The van der Waals surface area contributed by atoms with Crippen LogP contribution in [0.1, 0.15) is 52.2 Å². The predicted molar refractivity (Wildman–Crippen MR) is 125 cm³/mol. The fraction of sp³-hybridized carbons (Fsp3) is 0.400. The molecule has 0 bridgehead atoms. The number of hydrogen-bond acceptors (Lipinski definition) is 4. The van der Waals surface area contributed by atoms with E-state index < -0.39 is 27.1 Å². The van der Waals surface area contributed by atoms with Crippen LogP contribution in [0.4, 0.5) is 9.18 Å². The van der Waals surface area contributed by atoms with Gasteiger partial charge < -0.3 is 4.74 Å². The molecule has 0 N–H and O–H groups in total. The molecule has 0 aliphatic heterocycles. The molecule has 0 saturated heterocycles. The zero-order valence-corrected chi connectivity index (χ0v) is 20.4. The first kappa shape index (κ1) is 25.6. The van der Waals surface area contributed by atoms with Gasteiger partial charge in [-0.1, -0.05) is 55.8 Å². The quantitative estimate of drug-likeness (QED) is 0.493. The van der Waals surface area contributed by atoms with Gasteiger partial charge in [0.1, 0.15) is 11.4 Å². The lowest BCUT2D eigenvalue weighted by Crippen LogP contribution is -2.45. The number of allylic oxidation sites excluding steroid dienone is 1. The number of ether oxygens (including phenoxy) is 1. The summed E-state index contributed by atoms with van der Waals surface area (Å²) in [6, 6.07) is 12.4. The molecule has 0 aromatic heterocycles. The van der Waals surface area contributed by atoms with Crippen LogP contribution < -0.4 is 0 Å². The van der Waals surface area contributed by atoms with Crippen molar-refractivity contribution in [3.05, 3.63) is 71.6 Å². The molecular formula is C25H32FNO4S. The molecule has 0 spiro atoms. The molecule has 0 fully saturated rings. The van der Waals surface area contributed by atoms with E-state index in [-0.39, 0.29) is 17.3 Å². The lowest BCUT2D eigenvalue weighted by molar-refractivity contribution is 0.0347. The van der Waals surface area contributed by atoms with Crippen LogP contribution in [0.2, 0.25) is 0 Å². The lowest BCUT2D eigenvalue weighted by Gasteiger charge is -2.33. The van der Waals surface area contributed by atoms with Crippen LogP contribution >= 0.6 is 0 Å². The number of benzene rings is 2. The van der Waals surface area contributed by atoms with Gasteiger partial charge in [0.25, 0.3) is 10.0 Å². The molecule has 0 heterocycles. The molecule has 0 radical (unpaired) electrons. The highest BCUT2D eigenvalue weighted by molar-refractivity contribution is 7.89. The van der Waals surface area contributed by atoms with Crippen molar-refractivity contribution in [2.24, 2.45) is 5.41 Å². The van der Waals surface area contributed by atoms with E-state index in [0.717, 1.165) is 15.4 Å². The first-order valence-corrected chi connectivity index (χ1v) is 11.9. The van der Waals surface area contributed by atoms with Gasteiger partial charge in [0, 0.05) is 6.54 Å². The standard InChI is InChI=1S/C25H32FNO4S/c1-19-9-15-22(16-10-19)32(29,30)27(23(28)31-24(2,3)4)18-25(5,6)17-7-8-20-11-13-21(26)14-12-20/h7-16H,17-18H2,1-6H3/b8-7+. The van der Waals surface area contributed by atoms with E-state index in [2.05, 4.69) is 0 Å². The molecule has 2 rings (SSSR count). The second-order valence-electron chi connectivity index (χ2n) is 9.63. The van der Waals surface area contributed by atoms with Gasteiger partial charge in [0.15, 0.2) is 0 Å². The van der Waals surface area contributed by atoms with Crippen LogP contribution in [0, 0.1) is 18.2 Å². The summed E-state index contributed by atoms with van der Waals surface area (Å²) >= 11 is 0. The van der Waals surface area contributed by atoms with Crippen molar-refractivity contribution < 1.29 is 22.3 Å². The predicted octanol–water partition coefficient (Wildman–Crippen LogP) is 6.19. The molecule has 2 aromatic carbocycles. The number of carbonyl (C=O) groups is 1. The Morgan fingerprint density at radius 2 is 1.56 bits per heavy atom. The third-order valence-corrected chi connectivity index (χ3v) is 6.35. The van der Waals surface area contributed by atoms with Crippen LogP contribution in [0.25, 0.3) is 6.08 Å². The molecule has 7 heteroatoms. The third kappa shape index (κ3) is 7.48. The van der Waals surface area contributed by atoms with Gasteiger partial charge in [0.05, 0.1) is 4.90 Å². The SMILES string of the molecule is Cc1ccc(S(=O)(=O)N(CC(C)(C)C/C=C/c2ccc(F)cc2)C(=O)OC(C)(C)C)cc1. The summed E-state index contributed by atoms with van der Waals surface area (Å²) in [4.78, 5) is 13.0. The summed E-state index contributed by atoms with van der Waals surface area (Å²) < 4.78 is 46.0. The highest BCUT2D eigenvalue weighted by Gasteiger charge is 2.36. The van der Waals surface area contributed by atoms with Gasteiger partial charge in [-0.3, -0.25) is 0 Å². The number of amides is 1.